The SMILES string of the molecule is Cc1ccc(CN2CCC[C@H](O)C2)s1. The van der Waals surface area contributed by atoms with E-state index in [1.165, 1.54) is 9.75 Å². The molecule has 1 N–H and O–H groups in total. The Kier molecular flexibility index (Phi) is 3.21. The average molecular weight is 211 g/mol. The maximum atomic E-state index is 9.52. The summed E-state index contributed by atoms with van der Waals surface area (Å²) in [6, 6.07) is 4.36. The zero-order chi connectivity index (χ0) is 9.97. The summed E-state index contributed by atoms with van der Waals surface area (Å²) in [5.41, 5.74) is 0. The van der Waals surface area contributed by atoms with Gasteiger partial charge in [0.1, 0.15) is 0 Å². The van der Waals surface area contributed by atoms with E-state index < -0.39 is 0 Å². The maximum absolute atomic E-state index is 9.52. The molecule has 0 spiro atoms. The van der Waals surface area contributed by atoms with Crippen molar-refractivity contribution in [2.75, 3.05) is 13.1 Å². The number of rotatable bonds is 2. The molecule has 1 aromatic heterocycles. The van der Waals surface area contributed by atoms with E-state index in [0.29, 0.717) is 0 Å². The normalized spacial score (nSPS) is 24.0. The summed E-state index contributed by atoms with van der Waals surface area (Å²) in [6.07, 6.45) is 2.00. The monoisotopic (exact) mass is 211 g/mol. The first-order valence-corrected chi connectivity index (χ1v) is 6.01. The Morgan fingerprint density at radius 1 is 1.57 bits per heavy atom. The highest BCUT2D eigenvalue weighted by Gasteiger charge is 2.17. The minimum atomic E-state index is -0.107. The van der Waals surface area contributed by atoms with Gasteiger partial charge in [-0.2, -0.15) is 0 Å². The zero-order valence-corrected chi connectivity index (χ0v) is 9.39. The van der Waals surface area contributed by atoms with E-state index >= 15 is 0 Å². The van der Waals surface area contributed by atoms with Gasteiger partial charge in [0.25, 0.3) is 0 Å². The lowest BCUT2D eigenvalue weighted by Gasteiger charge is -2.29. The van der Waals surface area contributed by atoms with Crippen molar-refractivity contribution in [3.63, 3.8) is 0 Å². The molecule has 0 radical (unpaired) electrons. The predicted molar refractivity (Wildman–Crippen MR) is 59.6 cm³/mol. The van der Waals surface area contributed by atoms with Gasteiger partial charge < -0.3 is 5.11 Å². The fourth-order valence-electron chi connectivity index (χ4n) is 1.97. The number of thiophene rings is 1. The first-order chi connectivity index (χ1) is 6.74. The van der Waals surface area contributed by atoms with Crippen LogP contribution in [0.3, 0.4) is 0 Å². The van der Waals surface area contributed by atoms with Crippen molar-refractivity contribution in [3.05, 3.63) is 21.9 Å². The molecule has 2 nitrogen and oxygen atoms in total. The number of hydrogen-bond acceptors (Lipinski definition) is 3. The van der Waals surface area contributed by atoms with E-state index in [4.69, 9.17) is 0 Å². The highest BCUT2D eigenvalue weighted by Crippen LogP contribution is 2.19. The van der Waals surface area contributed by atoms with Crippen LogP contribution in [0.2, 0.25) is 0 Å². The summed E-state index contributed by atoms with van der Waals surface area (Å²) in [5.74, 6) is 0. The Balaban J connectivity index is 1.90. The Morgan fingerprint density at radius 3 is 3.07 bits per heavy atom. The van der Waals surface area contributed by atoms with Crippen LogP contribution >= 0.6 is 11.3 Å². The summed E-state index contributed by atoms with van der Waals surface area (Å²) in [6.45, 7) is 5.12. The maximum Gasteiger partial charge on any atom is 0.0667 e. The molecular weight excluding hydrogens is 194 g/mol. The van der Waals surface area contributed by atoms with Gasteiger partial charge >= 0.3 is 0 Å². The smallest absolute Gasteiger partial charge is 0.0667 e. The van der Waals surface area contributed by atoms with Crippen LogP contribution in [0.25, 0.3) is 0 Å². The van der Waals surface area contributed by atoms with Crippen molar-refractivity contribution in [2.45, 2.75) is 32.4 Å². The fourth-order valence-corrected chi connectivity index (χ4v) is 2.90. The van der Waals surface area contributed by atoms with Crippen LogP contribution in [0.1, 0.15) is 22.6 Å². The van der Waals surface area contributed by atoms with Gasteiger partial charge in [0, 0.05) is 22.8 Å². The second-order valence-electron chi connectivity index (χ2n) is 4.04. The molecule has 78 valence electrons. The number of aryl methyl sites for hydroxylation is 1. The zero-order valence-electron chi connectivity index (χ0n) is 8.57. The van der Waals surface area contributed by atoms with Gasteiger partial charge in [0.05, 0.1) is 6.10 Å². The van der Waals surface area contributed by atoms with Gasteiger partial charge in [-0.15, -0.1) is 11.3 Å². The fraction of sp³-hybridized carbons (Fsp3) is 0.636. The third-order valence-corrected chi connectivity index (χ3v) is 3.64. The molecular formula is C11H17NOS. The second-order valence-corrected chi connectivity index (χ2v) is 5.42. The topological polar surface area (TPSA) is 23.5 Å². The lowest BCUT2D eigenvalue weighted by Crippen LogP contribution is -2.37. The first kappa shape index (κ1) is 10.1. The summed E-state index contributed by atoms with van der Waals surface area (Å²) in [4.78, 5) is 5.13. The Hall–Kier alpha value is -0.380. The summed E-state index contributed by atoms with van der Waals surface area (Å²) in [7, 11) is 0. The average Bonchev–Trinajstić information content (AvgIpc) is 2.51. The number of piperidine rings is 1. The van der Waals surface area contributed by atoms with Crippen molar-refractivity contribution < 1.29 is 5.11 Å². The Labute approximate surface area is 89.2 Å². The number of aliphatic hydroxyl groups excluding tert-OH is 1. The molecule has 1 saturated heterocycles. The van der Waals surface area contributed by atoms with Crippen LogP contribution in [0.4, 0.5) is 0 Å². The van der Waals surface area contributed by atoms with Crippen molar-refractivity contribution >= 4 is 11.3 Å². The number of β-amino-alcohol motifs (C(OH)–C–C–N with tert-alkyl or cyclic N) is 1. The standard InChI is InChI=1S/C11H17NOS/c1-9-4-5-11(14-9)8-12-6-2-3-10(13)7-12/h4-5,10,13H,2-3,6-8H2,1H3/t10-/m0/s1. The van der Waals surface area contributed by atoms with Crippen molar-refractivity contribution in [1.82, 2.24) is 4.90 Å². The van der Waals surface area contributed by atoms with E-state index in [2.05, 4.69) is 24.0 Å². The third kappa shape index (κ3) is 2.56. The van der Waals surface area contributed by atoms with Gasteiger partial charge in [-0.05, 0) is 38.4 Å². The van der Waals surface area contributed by atoms with Gasteiger partial charge in [-0.1, -0.05) is 0 Å². The predicted octanol–water partition coefficient (Wildman–Crippen LogP) is 2.01. The van der Waals surface area contributed by atoms with E-state index in [-0.39, 0.29) is 6.10 Å². The molecule has 0 saturated carbocycles. The van der Waals surface area contributed by atoms with Crippen LogP contribution in [0.15, 0.2) is 12.1 Å². The van der Waals surface area contributed by atoms with Crippen LogP contribution in [0.5, 0.6) is 0 Å². The Morgan fingerprint density at radius 2 is 2.43 bits per heavy atom. The molecule has 3 heteroatoms. The van der Waals surface area contributed by atoms with Gasteiger partial charge in [-0.3, -0.25) is 4.90 Å². The third-order valence-electron chi connectivity index (χ3n) is 2.66. The largest absolute Gasteiger partial charge is 0.392 e. The van der Waals surface area contributed by atoms with Crippen LogP contribution < -0.4 is 0 Å². The van der Waals surface area contributed by atoms with Gasteiger partial charge in [0.15, 0.2) is 0 Å². The molecule has 0 aliphatic carbocycles. The van der Waals surface area contributed by atoms with Crippen LogP contribution in [-0.4, -0.2) is 29.2 Å². The van der Waals surface area contributed by atoms with E-state index in [1.807, 2.05) is 11.3 Å². The molecule has 2 heterocycles. The molecule has 0 aromatic carbocycles. The molecule has 0 unspecified atom stereocenters. The van der Waals surface area contributed by atoms with E-state index in [0.717, 1.165) is 32.5 Å². The number of aliphatic hydroxyl groups is 1. The quantitative estimate of drug-likeness (QED) is 0.809. The van der Waals surface area contributed by atoms with Gasteiger partial charge in [0.2, 0.25) is 0 Å². The van der Waals surface area contributed by atoms with Crippen molar-refractivity contribution in [1.29, 1.82) is 0 Å². The van der Waals surface area contributed by atoms with E-state index in [1.54, 1.807) is 0 Å². The first-order valence-electron chi connectivity index (χ1n) is 5.20. The second kappa shape index (κ2) is 4.43. The molecule has 1 fully saturated rings. The van der Waals surface area contributed by atoms with Gasteiger partial charge in [-0.25, -0.2) is 0 Å². The minimum Gasteiger partial charge on any atom is -0.392 e. The molecule has 1 aromatic rings. The minimum absolute atomic E-state index is 0.107. The number of likely N-dealkylation sites (tertiary alicyclic amines) is 1. The number of nitrogens with zero attached hydrogens (tertiary/aromatic N) is 1. The lowest BCUT2D eigenvalue weighted by molar-refractivity contribution is 0.0673. The van der Waals surface area contributed by atoms with Crippen LogP contribution in [0, 0.1) is 6.92 Å². The van der Waals surface area contributed by atoms with Crippen molar-refractivity contribution in [2.24, 2.45) is 0 Å². The molecule has 1 aliphatic heterocycles. The molecule has 1 aliphatic rings. The summed E-state index contributed by atoms with van der Waals surface area (Å²) >= 11 is 1.86. The summed E-state index contributed by atoms with van der Waals surface area (Å²) in [5, 5.41) is 9.52. The molecule has 1 atom stereocenters. The molecule has 0 bridgehead atoms. The molecule has 14 heavy (non-hydrogen) atoms. The summed E-state index contributed by atoms with van der Waals surface area (Å²) < 4.78 is 0. The molecule has 0 amide bonds. The van der Waals surface area contributed by atoms with Crippen LogP contribution in [-0.2, 0) is 6.54 Å². The van der Waals surface area contributed by atoms with E-state index in [9.17, 15) is 5.11 Å². The molecule has 2 rings (SSSR count). The lowest BCUT2D eigenvalue weighted by atomic mass is 10.1. The Bertz CT molecular complexity index is 297. The highest BCUT2D eigenvalue weighted by molar-refractivity contribution is 7.11. The van der Waals surface area contributed by atoms with Crippen molar-refractivity contribution in [3.8, 4) is 0 Å². The highest BCUT2D eigenvalue weighted by atomic mass is 32.1. The number of hydrogen-bond donors (Lipinski definition) is 1.